The number of anilines is 2. The van der Waals surface area contributed by atoms with Gasteiger partial charge in [-0.15, -0.1) is 0 Å². The lowest BCUT2D eigenvalue weighted by Gasteiger charge is -2.29. The number of carbonyl (C=O) groups is 1. The molecule has 0 saturated heterocycles. The molecule has 1 aromatic heterocycles. The number of hydrogen-bond donors (Lipinski definition) is 1. The monoisotopic (exact) mass is 265 g/mol. The van der Waals surface area contributed by atoms with Gasteiger partial charge in [0.25, 0.3) is 0 Å². The van der Waals surface area contributed by atoms with Crippen molar-refractivity contribution in [2.75, 3.05) is 10.6 Å². The summed E-state index contributed by atoms with van der Waals surface area (Å²) in [6.45, 7) is 11.2. The lowest BCUT2D eigenvalue weighted by atomic mass is 10.2. The van der Waals surface area contributed by atoms with Gasteiger partial charge in [-0.25, -0.2) is 9.78 Å². The van der Waals surface area contributed by atoms with Crippen molar-refractivity contribution in [3.63, 3.8) is 0 Å². The molecular formula is C14H23N3O2. The Morgan fingerprint density at radius 1 is 1.42 bits per heavy atom. The maximum atomic E-state index is 12.2. The largest absolute Gasteiger partial charge is 0.443 e. The molecule has 0 aliphatic carbocycles. The number of carbonyl (C=O) groups excluding carboxylic acids is 1. The van der Waals surface area contributed by atoms with Crippen molar-refractivity contribution < 1.29 is 9.53 Å². The predicted octanol–water partition coefficient (Wildman–Crippen LogP) is 3.12. The molecule has 0 aliphatic heterocycles. The average molecular weight is 265 g/mol. The minimum absolute atomic E-state index is 0.0506. The van der Waals surface area contributed by atoms with E-state index in [1.807, 2.05) is 41.5 Å². The van der Waals surface area contributed by atoms with Crippen LogP contribution in [-0.2, 0) is 4.74 Å². The highest BCUT2D eigenvalue weighted by Crippen LogP contribution is 2.21. The highest BCUT2D eigenvalue weighted by Gasteiger charge is 2.26. The molecule has 0 radical (unpaired) electrons. The molecule has 0 saturated carbocycles. The van der Waals surface area contributed by atoms with Crippen molar-refractivity contribution in [3.05, 3.63) is 17.8 Å². The van der Waals surface area contributed by atoms with Crippen LogP contribution in [0.2, 0.25) is 0 Å². The predicted molar refractivity (Wildman–Crippen MR) is 77.2 cm³/mol. The van der Waals surface area contributed by atoms with Gasteiger partial charge in [0.2, 0.25) is 0 Å². The van der Waals surface area contributed by atoms with Crippen molar-refractivity contribution >= 4 is 17.6 Å². The summed E-state index contributed by atoms with van der Waals surface area (Å²) in [7, 11) is 0. The molecule has 5 nitrogen and oxygen atoms in total. The maximum Gasteiger partial charge on any atom is 0.416 e. The minimum atomic E-state index is -0.535. The van der Waals surface area contributed by atoms with Crippen LogP contribution in [0.3, 0.4) is 0 Å². The summed E-state index contributed by atoms with van der Waals surface area (Å²) < 4.78 is 5.40. The topological polar surface area (TPSA) is 68.5 Å². The van der Waals surface area contributed by atoms with Gasteiger partial charge >= 0.3 is 6.09 Å². The van der Waals surface area contributed by atoms with Gasteiger partial charge in [-0.1, -0.05) is 0 Å². The van der Waals surface area contributed by atoms with Gasteiger partial charge in [-0.05, 0) is 53.2 Å². The second-order valence-corrected chi connectivity index (χ2v) is 5.84. The summed E-state index contributed by atoms with van der Waals surface area (Å²) >= 11 is 0. The number of nitrogens with two attached hydrogens (primary N) is 1. The fraction of sp³-hybridized carbons (Fsp3) is 0.571. The summed E-state index contributed by atoms with van der Waals surface area (Å²) in [5, 5.41) is 0. The van der Waals surface area contributed by atoms with E-state index >= 15 is 0 Å². The number of aryl methyl sites for hydroxylation is 1. The summed E-state index contributed by atoms with van der Waals surface area (Å²) in [4.78, 5) is 18.0. The average Bonchev–Trinajstić information content (AvgIpc) is 2.20. The molecule has 0 aliphatic rings. The van der Waals surface area contributed by atoms with Crippen molar-refractivity contribution in [2.24, 2.45) is 0 Å². The molecule has 0 atom stereocenters. The van der Waals surface area contributed by atoms with Crippen LogP contribution < -0.4 is 10.6 Å². The molecule has 106 valence electrons. The second kappa shape index (κ2) is 5.47. The van der Waals surface area contributed by atoms with E-state index in [4.69, 9.17) is 10.5 Å². The summed E-state index contributed by atoms with van der Waals surface area (Å²) in [5.41, 5.74) is 6.71. The summed E-state index contributed by atoms with van der Waals surface area (Å²) in [6, 6.07) is 1.74. The molecule has 0 aromatic carbocycles. The smallest absolute Gasteiger partial charge is 0.416 e. The summed E-state index contributed by atoms with van der Waals surface area (Å²) in [6.07, 6.45) is 1.16. The van der Waals surface area contributed by atoms with Crippen LogP contribution in [0.1, 0.15) is 40.2 Å². The molecule has 1 rings (SSSR count). The number of aromatic nitrogens is 1. The quantitative estimate of drug-likeness (QED) is 0.892. The van der Waals surface area contributed by atoms with Gasteiger partial charge in [0.05, 0.1) is 11.9 Å². The fourth-order valence-corrected chi connectivity index (χ4v) is 1.56. The molecule has 1 aromatic rings. The molecular weight excluding hydrogens is 242 g/mol. The first-order valence-corrected chi connectivity index (χ1v) is 6.36. The fourth-order valence-electron chi connectivity index (χ4n) is 1.56. The van der Waals surface area contributed by atoms with E-state index < -0.39 is 11.7 Å². The Kier molecular flexibility index (Phi) is 4.39. The number of hydrogen-bond acceptors (Lipinski definition) is 4. The first-order chi connectivity index (χ1) is 8.61. The molecule has 2 N–H and O–H groups in total. The highest BCUT2D eigenvalue weighted by atomic mass is 16.6. The SMILES string of the molecule is Cc1cc(N(C(=O)OC(C)(C)C)C(C)C)ncc1N. The van der Waals surface area contributed by atoms with E-state index in [2.05, 4.69) is 4.98 Å². The zero-order chi connectivity index (χ0) is 14.8. The number of nitrogens with zero attached hydrogens (tertiary/aromatic N) is 2. The number of rotatable bonds is 2. The van der Waals surface area contributed by atoms with Gasteiger partial charge in [0, 0.05) is 6.04 Å². The van der Waals surface area contributed by atoms with Gasteiger partial charge in [-0.2, -0.15) is 0 Å². The second-order valence-electron chi connectivity index (χ2n) is 5.84. The molecule has 0 spiro atoms. The lowest BCUT2D eigenvalue weighted by Crippen LogP contribution is -2.41. The van der Waals surface area contributed by atoms with Gasteiger partial charge in [0.15, 0.2) is 0 Å². The minimum Gasteiger partial charge on any atom is -0.443 e. The Hall–Kier alpha value is -1.78. The van der Waals surface area contributed by atoms with Crippen LogP contribution in [-0.4, -0.2) is 22.7 Å². The van der Waals surface area contributed by atoms with Crippen LogP contribution >= 0.6 is 0 Å². The molecule has 0 fully saturated rings. The van der Waals surface area contributed by atoms with E-state index in [0.29, 0.717) is 11.5 Å². The Labute approximate surface area is 114 Å². The van der Waals surface area contributed by atoms with E-state index in [1.54, 1.807) is 12.3 Å². The zero-order valence-corrected chi connectivity index (χ0v) is 12.5. The first kappa shape index (κ1) is 15.3. The highest BCUT2D eigenvalue weighted by molar-refractivity contribution is 5.87. The van der Waals surface area contributed by atoms with Gasteiger partial charge < -0.3 is 10.5 Å². The molecule has 5 heteroatoms. The number of pyridine rings is 1. The van der Waals surface area contributed by atoms with Crippen molar-refractivity contribution in [2.45, 2.75) is 53.2 Å². The van der Waals surface area contributed by atoms with E-state index in [-0.39, 0.29) is 6.04 Å². The van der Waals surface area contributed by atoms with Crippen molar-refractivity contribution in [1.29, 1.82) is 0 Å². The molecule has 19 heavy (non-hydrogen) atoms. The Balaban J connectivity index is 3.07. The Morgan fingerprint density at radius 2 is 2.00 bits per heavy atom. The molecule has 1 heterocycles. The normalized spacial score (nSPS) is 11.5. The maximum absolute atomic E-state index is 12.2. The Morgan fingerprint density at radius 3 is 2.42 bits per heavy atom. The van der Waals surface area contributed by atoms with Crippen LogP contribution in [0.15, 0.2) is 12.3 Å². The zero-order valence-electron chi connectivity index (χ0n) is 12.5. The van der Waals surface area contributed by atoms with Gasteiger partial charge in [0.1, 0.15) is 11.4 Å². The number of nitrogen functional groups attached to an aromatic ring is 1. The van der Waals surface area contributed by atoms with Gasteiger partial charge in [-0.3, -0.25) is 4.90 Å². The third-order valence-electron chi connectivity index (χ3n) is 2.49. The van der Waals surface area contributed by atoms with Crippen LogP contribution in [0.4, 0.5) is 16.3 Å². The Bertz CT molecular complexity index is 464. The van der Waals surface area contributed by atoms with Crippen LogP contribution in [0, 0.1) is 6.92 Å². The first-order valence-electron chi connectivity index (χ1n) is 6.36. The number of ether oxygens (including phenoxy) is 1. The standard InChI is InChI=1S/C14H23N3O2/c1-9(2)17(13(18)19-14(4,5)6)12-7-10(3)11(15)8-16-12/h7-9H,15H2,1-6H3. The molecule has 0 unspecified atom stereocenters. The van der Waals surface area contributed by atoms with Crippen molar-refractivity contribution in [3.8, 4) is 0 Å². The van der Waals surface area contributed by atoms with Crippen LogP contribution in [0.25, 0.3) is 0 Å². The molecule has 0 bridgehead atoms. The van der Waals surface area contributed by atoms with E-state index in [9.17, 15) is 4.79 Å². The van der Waals surface area contributed by atoms with Crippen LogP contribution in [0.5, 0.6) is 0 Å². The van der Waals surface area contributed by atoms with Crippen molar-refractivity contribution in [1.82, 2.24) is 4.98 Å². The van der Waals surface area contributed by atoms with E-state index in [1.165, 1.54) is 4.90 Å². The lowest BCUT2D eigenvalue weighted by molar-refractivity contribution is 0.0569. The number of amides is 1. The third kappa shape index (κ3) is 4.12. The molecule has 1 amide bonds. The third-order valence-corrected chi connectivity index (χ3v) is 2.49. The summed E-state index contributed by atoms with van der Waals surface area (Å²) in [5.74, 6) is 0.552. The van der Waals surface area contributed by atoms with E-state index in [0.717, 1.165) is 5.56 Å².